The molecule has 0 bridgehead atoms. The maximum atomic E-state index is 8.62. The summed E-state index contributed by atoms with van der Waals surface area (Å²) in [5.41, 5.74) is -0.0261. The van der Waals surface area contributed by atoms with Crippen LogP contribution in [0.5, 0.6) is 0 Å². The highest BCUT2D eigenvalue weighted by atomic mass is 32.2. The zero-order valence-electron chi connectivity index (χ0n) is 8.87. The Morgan fingerprint density at radius 3 is 2.64 bits per heavy atom. The van der Waals surface area contributed by atoms with Crippen LogP contribution < -0.4 is 0 Å². The van der Waals surface area contributed by atoms with E-state index >= 15 is 0 Å². The van der Waals surface area contributed by atoms with Crippen molar-refractivity contribution in [2.45, 2.75) is 43.6 Å². The molecule has 0 unspecified atom stereocenters. The number of hydrogen-bond donors (Lipinski definition) is 0. The second-order valence-electron chi connectivity index (χ2n) is 4.13. The second kappa shape index (κ2) is 4.05. The van der Waals surface area contributed by atoms with Crippen molar-refractivity contribution in [3.63, 3.8) is 0 Å². The molecule has 0 saturated carbocycles. The highest BCUT2D eigenvalue weighted by Crippen LogP contribution is 2.28. The van der Waals surface area contributed by atoms with Gasteiger partial charge in [0.1, 0.15) is 5.76 Å². The maximum Gasteiger partial charge on any atom is 0.257 e. The van der Waals surface area contributed by atoms with E-state index in [1.54, 1.807) is 6.20 Å². The van der Waals surface area contributed by atoms with Crippen molar-refractivity contribution in [1.82, 2.24) is 4.98 Å². The van der Waals surface area contributed by atoms with Gasteiger partial charge in [0.25, 0.3) is 5.22 Å². The van der Waals surface area contributed by atoms with Crippen LogP contribution in [0.2, 0.25) is 0 Å². The molecule has 76 valence electrons. The molecule has 0 aliphatic rings. The van der Waals surface area contributed by atoms with Crippen molar-refractivity contribution in [2.24, 2.45) is 0 Å². The van der Waals surface area contributed by atoms with Crippen molar-refractivity contribution in [1.29, 1.82) is 5.26 Å². The number of thioether (sulfide) groups is 1. The van der Waals surface area contributed by atoms with Crippen LogP contribution in [0.15, 0.2) is 15.8 Å². The summed E-state index contributed by atoms with van der Waals surface area (Å²) in [5.74, 6) is 0.852. The Morgan fingerprint density at radius 1 is 1.57 bits per heavy atom. The standard InChI is InChI=1S/C10H14N2OS/c1-7(5-11)14-9-12-6-8(13-9)10(2,3)4/h6-7H,1-4H3/t7-/m1/s1. The fraction of sp³-hybridized carbons (Fsp3) is 0.600. The van der Waals surface area contributed by atoms with Gasteiger partial charge in [-0.25, -0.2) is 4.98 Å². The van der Waals surface area contributed by atoms with E-state index in [1.165, 1.54) is 11.8 Å². The molecule has 1 aromatic rings. The molecule has 0 aliphatic heterocycles. The molecule has 0 fully saturated rings. The van der Waals surface area contributed by atoms with Crippen molar-refractivity contribution >= 4 is 11.8 Å². The molecule has 0 spiro atoms. The Kier molecular flexibility index (Phi) is 3.22. The Balaban J connectivity index is 2.75. The number of aromatic nitrogens is 1. The summed E-state index contributed by atoms with van der Waals surface area (Å²) in [7, 11) is 0. The lowest BCUT2D eigenvalue weighted by Gasteiger charge is -2.12. The van der Waals surface area contributed by atoms with Crippen LogP contribution in [-0.4, -0.2) is 10.2 Å². The van der Waals surface area contributed by atoms with Crippen molar-refractivity contribution in [2.75, 3.05) is 0 Å². The summed E-state index contributed by atoms with van der Waals surface area (Å²) in [4.78, 5) is 4.12. The van der Waals surface area contributed by atoms with Crippen LogP contribution >= 0.6 is 11.8 Å². The molecule has 4 heteroatoms. The van der Waals surface area contributed by atoms with Crippen LogP contribution in [0.25, 0.3) is 0 Å². The smallest absolute Gasteiger partial charge is 0.257 e. The minimum atomic E-state index is -0.124. The van der Waals surface area contributed by atoms with E-state index in [1.807, 2.05) is 6.92 Å². The van der Waals surface area contributed by atoms with E-state index in [0.717, 1.165) is 5.76 Å². The van der Waals surface area contributed by atoms with Crippen LogP contribution in [0.1, 0.15) is 33.5 Å². The average Bonchev–Trinajstić information content (AvgIpc) is 2.51. The fourth-order valence-electron chi connectivity index (χ4n) is 0.837. The van der Waals surface area contributed by atoms with Crippen LogP contribution in [0.3, 0.4) is 0 Å². The quantitative estimate of drug-likeness (QED) is 0.704. The molecule has 3 nitrogen and oxygen atoms in total. The first-order valence-corrected chi connectivity index (χ1v) is 5.34. The Morgan fingerprint density at radius 2 is 2.21 bits per heavy atom. The number of nitriles is 1. The van der Waals surface area contributed by atoms with Gasteiger partial charge in [0.05, 0.1) is 17.5 Å². The number of rotatable bonds is 2. The summed E-state index contributed by atoms with van der Waals surface area (Å²) in [6.07, 6.45) is 1.73. The van der Waals surface area contributed by atoms with E-state index in [-0.39, 0.29) is 10.7 Å². The molecular weight excluding hydrogens is 196 g/mol. The zero-order valence-corrected chi connectivity index (χ0v) is 9.68. The van der Waals surface area contributed by atoms with Gasteiger partial charge in [0, 0.05) is 5.41 Å². The summed E-state index contributed by atoms with van der Waals surface area (Å²) in [6, 6.07) is 2.12. The molecule has 1 rings (SSSR count). The largest absolute Gasteiger partial charge is 0.436 e. The highest BCUT2D eigenvalue weighted by Gasteiger charge is 2.19. The lowest BCUT2D eigenvalue weighted by atomic mass is 9.94. The van der Waals surface area contributed by atoms with Crippen LogP contribution in [0.4, 0.5) is 0 Å². The lowest BCUT2D eigenvalue weighted by Crippen LogP contribution is -2.09. The summed E-state index contributed by atoms with van der Waals surface area (Å²) in [5, 5.41) is 9.07. The lowest BCUT2D eigenvalue weighted by molar-refractivity contribution is 0.355. The minimum absolute atomic E-state index is 0.0261. The summed E-state index contributed by atoms with van der Waals surface area (Å²) >= 11 is 1.34. The molecule has 0 saturated heterocycles. The van der Waals surface area contributed by atoms with Crippen LogP contribution in [-0.2, 0) is 5.41 Å². The number of nitrogens with zero attached hydrogens (tertiary/aromatic N) is 2. The van der Waals surface area contributed by atoms with E-state index in [4.69, 9.17) is 9.68 Å². The molecule has 0 aliphatic carbocycles. The summed E-state index contributed by atoms with van der Waals surface area (Å²) in [6.45, 7) is 8.02. The van der Waals surface area contributed by atoms with Crippen molar-refractivity contribution in [3.05, 3.63) is 12.0 Å². The highest BCUT2D eigenvalue weighted by molar-refractivity contribution is 7.99. The van der Waals surface area contributed by atoms with Gasteiger partial charge in [-0.1, -0.05) is 20.8 Å². The van der Waals surface area contributed by atoms with Gasteiger partial charge in [-0.2, -0.15) is 5.26 Å². The maximum absolute atomic E-state index is 8.62. The Hall–Kier alpha value is -0.950. The molecule has 0 radical (unpaired) electrons. The van der Waals surface area contributed by atoms with Gasteiger partial charge in [-0.05, 0) is 18.7 Å². The molecule has 14 heavy (non-hydrogen) atoms. The molecule has 0 aromatic carbocycles. The van der Waals surface area contributed by atoms with E-state index < -0.39 is 0 Å². The number of hydrogen-bond acceptors (Lipinski definition) is 4. The topological polar surface area (TPSA) is 49.8 Å². The SMILES string of the molecule is C[C@H](C#N)Sc1ncc(C(C)(C)C)o1. The first-order chi connectivity index (χ1) is 6.43. The van der Waals surface area contributed by atoms with Gasteiger partial charge in [0.2, 0.25) is 0 Å². The van der Waals surface area contributed by atoms with E-state index in [0.29, 0.717) is 5.22 Å². The Bertz CT molecular complexity index is 346. The van der Waals surface area contributed by atoms with Gasteiger partial charge < -0.3 is 4.42 Å². The third kappa shape index (κ3) is 2.78. The fourth-order valence-corrected chi connectivity index (χ4v) is 1.44. The second-order valence-corrected chi connectivity index (χ2v) is 5.42. The van der Waals surface area contributed by atoms with Gasteiger partial charge >= 0.3 is 0 Å². The number of oxazole rings is 1. The molecule has 0 N–H and O–H groups in total. The third-order valence-electron chi connectivity index (χ3n) is 1.68. The predicted octanol–water partition coefficient (Wildman–Crippen LogP) is 2.98. The normalized spacial score (nSPS) is 13.6. The van der Waals surface area contributed by atoms with E-state index in [9.17, 15) is 0 Å². The van der Waals surface area contributed by atoms with Gasteiger partial charge in [-0.3, -0.25) is 0 Å². The first-order valence-electron chi connectivity index (χ1n) is 4.46. The first kappa shape index (κ1) is 11.1. The van der Waals surface area contributed by atoms with E-state index in [2.05, 4.69) is 31.8 Å². The third-order valence-corrected chi connectivity index (χ3v) is 2.53. The molecular formula is C10H14N2OS. The predicted molar refractivity (Wildman–Crippen MR) is 56.1 cm³/mol. The monoisotopic (exact) mass is 210 g/mol. The van der Waals surface area contributed by atoms with Gasteiger partial charge in [0.15, 0.2) is 0 Å². The average molecular weight is 210 g/mol. The molecule has 1 heterocycles. The van der Waals surface area contributed by atoms with Crippen LogP contribution in [0, 0.1) is 11.3 Å². The summed E-state index contributed by atoms with van der Waals surface area (Å²) < 4.78 is 5.52. The Labute approximate surface area is 88.5 Å². The van der Waals surface area contributed by atoms with Crippen molar-refractivity contribution < 1.29 is 4.42 Å². The zero-order chi connectivity index (χ0) is 10.8. The molecule has 0 amide bonds. The molecule has 1 aromatic heterocycles. The minimum Gasteiger partial charge on any atom is -0.436 e. The van der Waals surface area contributed by atoms with Gasteiger partial charge in [-0.15, -0.1) is 0 Å². The van der Waals surface area contributed by atoms with Crippen molar-refractivity contribution in [3.8, 4) is 6.07 Å². The molecule has 1 atom stereocenters.